The van der Waals surface area contributed by atoms with Crippen LogP contribution in [-0.2, 0) is 4.79 Å². The zero-order valence-corrected chi connectivity index (χ0v) is 18.9. The lowest BCUT2D eigenvalue weighted by Gasteiger charge is -2.37. The van der Waals surface area contributed by atoms with E-state index in [1.54, 1.807) is 6.20 Å². The Balaban J connectivity index is 1.33. The van der Waals surface area contributed by atoms with Crippen molar-refractivity contribution < 1.29 is 4.79 Å². The number of rotatable bonds is 4. The molecule has 3 aliphatic carbocycles. The normalized spacial score (nSPS) is 26.7. The average Bonchev–Trinajstić information content (AvgIpc) is 3.25. The summed E-state index contributed by atoms with van der Waals surface area (Å²) >= 11 is 0. The molecule has 0 radical (unpaired) electrons. The molecule has 0 aromatic carbocycles. The van der Waals surface area contributed by atoms with Crippen LogP contribution in [-0.4, -0.2) is 63.2 Å². The fourth-order valence-electron chi connectivity index (χ4n) is 5.93. The third kappa shape index (κ3) is 3.51. The summed E-state index contributed by atoms with van der Waals surface area (Å²) in [7, 11) is 0. The molecule has 6 rings (SSSR count). The molecule has 2 unspecified atom stereocenters. The van der Waals surface area contributed by atoms with Gasteiger partial charge in [-0.05, 0) is 37.5 Å². The van der Waals surface area contributed by atoms with Crippen LogP contribution < -0.4 is 16.1 Å². The van der Waals surface area contributed by atoms with Gasteiger partial charge in [0.1, 0.15) is 0 Å². The summed E-state index contributed by atoms with van der Waals surface area (Å²) in [6, 6.07) is 0.347. The third-order valence-corrected chi connectivity index (χ3v) is 8.03. The van der Waals surface area contributed by atoms with Crippen LogP contribution >= 0.6 is 0 Å². The van der Waals surface area contributed by atoms with Crippen molar-refractivity contribution in [3.63, 3.8) is 0 Å². The molecule has 2 saturated carbocycles. The Morgan fingerprint density at radius 2 is 1.84 bits per heavy atom. The van der Waals surface area contributed by atoms with Crippen molar-refractivity contribution >= 4 is 29.0 Å². The van der Waals surface area contributed by atoms with Gasteiger partial charge in [-0.2, -0.15) is 5.10 Å². The average molecular weight is 436 g/mol. The number of piperazine rings is 1. The Morgan fingerprint density at radius 1 is 1.09 bits per heavy atom. The number of nitrogens with one attached hydrogen (secondary N) is 1. The van der Waals surface area contributed by atoms with Crippen molar-refractivity contribution in [3.05, 3.63) is 27.1 Å². The van der Waals surface area contributed by atoms with Crippen molar-refractivity contribution in [2.75, 3.05) is 32.7 Å². The molecule has 32 heavy (non-hydrogen) atoms. The maximum absolute atomic E-state index is 13.6. The van der Waals surface area contributed by atoms with E-state index in [0.29, 0.717) is 11.4 Å². The molecule has 7 nitrogen and oxygen atoms in total. The minimum atomic E-state index is -0.196. The second kappa shape index (κ2) is 7.87. The number of hydrogen-bond donors (Lipinski definition) is 1. The molecule has 3 heterocycles. The molecule has 4 aliphatic rings. The summed E-state index contributed by atoms with van der Waals surface area (Å²) < 4.78 is 2.06. The van der Waals surface area contributed by atoms with Crippen LogP contribution in [0.15, 0.2) is 11.0 Å². The number of fused-ring (bicyclic) bond motifs is 3. The van der Waals surface area contributed by atoms with Gasteiger partial charge in [0.25, 0.3) is 5.56 Å². The molecule has 3 fully saturated rings. The van der Waals surface area contributed by atoms with Crippen molar-refractivity contribution in [1.29, 1.82) is 0 Å². The minimum Gasteiger partial charge on any atom is -0.340 e. The monoisotopic (exact) mass is 435 g/mol. The predicted octanol–water partition coefficient (Wildman–Crippen LogP) is 1.22. The molecular formula is C25H33N5O2. The molecule has 170 valence electrons. The number of hydrogen-bond acceptors (Lipinski definition) is 4. The molecule has 0 bridgehead atoms. The van der Waals surface area contributed by atoms with E-state index in [9.17, 15) is 9.59 Å². The highest BCUT2D eigenvalue weighted by Gasteiger charge is 2.33. The van der Waals surface area contributed by atoms with Gasteiger partial charge < -0.3 is 9.88 Å². The van der Waals surface area contributed by atoms with E-state index >= 15 is 0 Å². The van der Waals surface area contributed by atoms with E-state index in [2.05, 4.69) is 43.6 Å². The Morgan fingerprint density at radius 3 is 2.56 bits per heavy atom. The summed E-state index contributed by atoms with van der Waals surface area (Å²) in [5, 5.41) is 7.08. The zero-order chi connectivity index (χ0) is 21.8. The first-order valence-corrected chi connectivity index (χ1v) is 12.4. The molecule has 2 aromatic rings. The number of nitrogens with zero attached hydrogens (tertiary/aromatic N) is 4. The van der Waals surface area contributed by atoms with E-state index in [-0.39, 0.29) is 23.3 Å². The standard InChI is InChI=1S/C25H33N5O2/c1-16-12-22-20(23-21(24(31)27-22)14-26-30(23)18-4-2-3-5-18)13-19(16)25(32)29-10-8-28(9-11-29)15-17-6-7-17/h12-14,16-19H,2-11,15H2,1H3,(H,27,31). The van der Waals surface area contributed by atoms with Gasteiger partial charge in [0.2, 0.25) is 5.91 Å². The van der Waals surface area contributed by atoms with Crippen molar-refractivity contribution in [1.82, 2.24) is 24.6 Å². The second-order valence-electron chi connectivity index (χ2n) is 10.4. The van der Waals surface area contributed by atoms with Gasteiger partial charge in [0.15, 0.2) is 0 Å². The fraction of sp³-hybridized carbons (Fsp3) is 0.640. The lowest BCUT2D eigenvalue weighted by molar-refractivity contribution is -0.136. The van der Waals surface area contributed by atoms with Crippen LogP contribution in [0.25, 0.3) is 23.1 Å². The van der Waals surface area contributed by atoms with Crippen LogP contribution in [0.3, 0.4) is 0 Å². The highest BCUT2D eigenvalue weighted by Crippen LogP contribution is 2.31. The summed E-state index contributed by atoms with van der Waals surface area (Å²) in [5.41, 5.74) is 0.822. The summed E-state index contributed by atoms with van der Waals surface area (Å²) in [4.78, 5) is 33.9. The molecule has 2 atom stereocenters. The Labute approximate surface area is 187 Å². The van der Waals surface area contributed by atoms with Gasteiger partial charge in [-0.1, -0.05) is 31.9 Å². The number of pyridine rings is 1. The van der Waals surface area contributed by atoms with E-state index in [4.69, 9.17) is 0 Å². The van der Waals surface area contributed by atoms with Crippen LogP contribution in [0.4, 0.5) is 0 Å². The largest absolute Gasteiger partial charge is 0.340 e. The quantitative estimate of drug-likeness (QED) is 0.784. The van der Waals surface area contributed by atoms with Crippen LogP contribution in [0.2, 0.25) is 0 Å². The van der Waals surface area contributed by atoms with Gasteiger partial charge in [-0.3, -0.25) is 19.2 Å². The van der Waals surface area contributed by atoms with Gasteiger partial charge in [-0.15, -0.1) is 0 Å². The van der Waals surface area contributed by atoms with Gasteiger partial charge in [0, 0.05) is 43.3 Å². The number of aromatic nitrogens is 3. The fourth-order valence-corrected chi connectivity index (χ4v) is 5.93. The van der Waals surface area contributed by atoms with Crippen molar-refractivity contribution in [3.8, 4) is 0 Å². The molecule has 0 spiro atoms. The third-order valence-electron chi connectivity index (χ3n) is 8.03. The van der Waals surface area contributed by atoms with Crippen LogP contribution in [0, 0.1) is 17.8 Å². The minimum absolute atomic E-state index is 0.0513. The lowest BCUT2D eigenvalue weighted by atomic mass is 9.87. The summed E-state index contributed by atoms with van der Waals surface area (Å²) in [6.45, 7) is 6.88. The SMILES string of the molecule is CC1C=c2[nH]c(=O)c3cnn(C4CCCC4)c3c2=CC1C(=O)N1CCN(CC2CC2)CC1. The lowest BCUT2D eigenvalue weighted by Crippen LogP contribution is -2.52. The number of carbonyl (C=O) groups is 1. The van der Waals surface area contributed by atoms with Gasteiger partial charge in [0.05, 0.1) is 29.1 Å². The maximum Gasteiger partial charge on any atom is 0.259 e. The highest BCUT2D eigenvalue weighted by atomic mass is 16.2. The molecule has 1 N–H and O–H groups in total. The van der Waals surface area contributed by atoms with E-state index < -0.39 is 0 Å². The van der Waals surface area contributed by atoms with Gasteiger partial charge >= 0.3 is 0 Å². The van der Waals surface area contributed by atoms with Crippen molar-refractivity contribution in [2.24, 2.45) is 17.8 Å². The van der Waals surface area contributed by atoms with Crippen LogP contribution in [0.1, 0.15) is 51.5 Å². The first-order valence-electron chi connectivity index (χ1n) is 12.4. The zero-order valence-electron chi connectivity index (χ0n) is 18.9. The van der Waals surface area contributed by atoms with E-state index in [1.165, 1.54) is 32.2 Å². The Hall–Kier alpha value is -2.41. The topological polar surface area (TPSA) is 74.2 Å². The molecule has 1 aliphatic heterocycles. The Bertz CT molecular complexity index is 1210. The van der Waals surface area contributed by atoms with E-state index in [0.717, 1.165) is 61.0 Å². The Kier molecular flexibility index (Phi) is 4.97. The van der Waals surface area contributed by atoms with Crippen LogP contribution in [0.5, 0.6) is 0 Å². The number of carbonyl (C=O) groups excluding carboxylic acids is 1. The van der Waals surface area contributed by atoms with E-state index in [1.807, 2.05) is 0 Å². The first-order chi connectivity index (χ1) is 15.6. The molecule has 2 aromatic heterocycles. The van der Waals surface area contributed by atoms with Crippen molar-refractivity contribution in [2.45, 2.75) is 51.5 Å². The predicted molar refractivity (Wildman–Crippen MR) is 124 cm³/mol. The first kappa shape index (κ1) is 20.2. The summed E-state index contributed by atoms with van der Waals surface area (Å²) in [5.74, 6) is 0.968. The summed E-state index contributed by atoms with van der Waals surface area (Å²) in [6.07, 6.45) is 13.3. The smallest absolute Gasteiger partial charge is 0.259 e. The molecule has 1 amide bonds. The number of aromatic amines is 1. The number of amides is 1. The molecule has 1 saturated heterocycles. The molecule has 7 heteroatoms. The second-order valence-corrected chi connectivity index (χ2v) is 10.4. The number of H-pyrrole nitrogens is 1. The van der Waals surface area contributed by atoms with Gasteiger partial charge in [-0.25, -0.2) is 0 Å². The maximum atomic E-state index is 13.6. The highest BCUT2D eigenvalue weighted by molar-refractivity contribution is 5.88. The molecular weight excluding hydrogens is 402 g/mol.